The number of aliphatic hydroxyl groups is 1. The van der Waals surface area contributed by atoms with Crippen molar-refractivity contribution in [3.05, 3.63) is 29.8 Å². The Hall–Kier alpha value is -2.06. The molecule has 3 unspecified atom stereocenters. The van der Waals surface area contributed by atoms with Crippen LogP contribution in [0.2, 0.25) is 0 Å². The van der Waals surface area contributed by atoms with E-state index in [0.29, 0.717) is 12.5 Å². The molecule has 0 bridgehead atoms. The van der Waals surface area contributed by atoms with Crippen molar-refractivity contribution in [1.82, 2.24) is 5.32 Å². The van der Waals surface area contributed by atoms with E-state index in [4.69, 9.17) is 10.4 Å². The number of nitriles is 1. The quantitative estimate of drug-likeness (QED) is 0.718. The maximum absolute atomic E-state index is 11.9. The van der Waals surface area contributed by atoms with Gasteiger partial charge < -0.3 is 15.7 Å². The molecule has 0 radical (unpaired) electrons. The number of amides is 1. The number of hydrogen-bond donors (Lipinski definition) is 3. The number of nitrogens with zero attached hydrogens (tertiary/aromatic N) is 1. The lowest BCUT2D eigenvalue weighted by molar-refractivity contribution is -0.121. The Balaban J connectivity index is 1.84. The summed E-state index contributed by atoms with van der Waals surface area (Å²) in [5, 5.41) is 24.5. The molecule has 1 aliphatic carbocycles. The highest BCUT2D eigenvalue weighted by atomic mass is 16.3. The normalized spacial score (nSPS) is 21.5. The molecule has 1 aromatic rings. The molecule has 0 heterocycles. The van der Waals surface area contributed by atoms with Crippen molar-refractivity contribution in [2.75, 3.05) is 11.9 Å². The zero-order valence-electron chi connectivity index (χ0n) is 14.3. The van der Waals surface area contributed by atoms with Crippen molar-refractivity contribution in [2.45, 2.75) is 57.5 Å². The lowest BCUT2D eigenvalue weighted by Crippen LogP contribution is -2.37. The van der Waals surface area contributed by atoms with Gasteiger partial charge in [0, 0.05) is 17.6 Å². The van der Waals surface area contributed by atoms with Crippen molar-refractivity contribution in [3.8, 4) is 6.07 Å². The van der Waals surface area contributed by atoms with E-state index in [9.17, 15) is 4.79 Å². The molecule has 24 heavy (non-hydrogen) atoms. The summed E-state index contributed by atoms with van der Waals surface area (Å²) in [6.45, 7) is 1.90. The van der Waals surface area contributed by atoms with Gasteiger partial charge in [0.05, 0.1) is 25.1 Å². The molecule has 5 nitrogen and oxygen atoms in total. The fourth-order valence-electron chi connectivity index (χ4n) is 3.13. The number of carbonyl (C=O) groups is 1. The molecule has 0 aromatic heterocycles. The number of anilines is 1. The lowest BCUT2D eigenvalue weighted by atomic mass is 9.86. The Bertz CT molecular complexity index is 561. The molecule has 5 heteroatoms. The standard InChI is InChI=1S/C19H27N3O2/c1-2-16(13-23)22-19(24)11-14-6-8-17(9-7-14)21-18-5-3-4-15(10-18)12-20/h6-9,15-16,18,21,23H,2-5,10-11,13H2,1H3,(H,22,24). The predicted molar refractivity (Wildman–Crippen MR) is 94.4 cm³/mol. The summed E-state index contributed by atoms with van der Waals surface area (Å²) >= 11 is 0. The molecule has 1 aromatic carbocycles. The van der Waals surface area contributed by atoms with E-state index < -0.39 is 0 Å². The molecule has 1 fully saturated rings. The van der Waals surface area contributed by atoms with Crippen LogP contribution in [-0.4, -0.2) is 29.7 Å². The van der Waals surface area contributed by atoms with Crippen LogP contribution in [-0.2, 0) is 11.2 Å². The molecule has 0 saturated heterocycles. The minimum atomic E-state index is -0.169. The largest absolute Gasteiger partial charge is 0.394 e. The smallest absolute Gasteiger partial charge is 0.224 e. The van der Waals surface area contributed by atoms with Gasteiger partial charge in [-0.3, -0.25) is 4.79 Å². The molecule has 3 atom stereocenters. The van der Waals surface area contributed by atoms with E-state index in [1.165, 1.54) is 0 Å². The lowest BCUT2D eigenvalue weighted by Gasteiger charge is -2.27. The summed E-state index contributed by atoms with van der Waals surface area (Å²) in [4.78, 5) is 11.9. The highest BCUT2D eigenvalue weighted by molar-refractivity contribution is 5.79. The third-order valence-electron chi connectivity index (χ3n) is 4.62. The fourth-order valence-corrected chi connectivity index (χ4v) is 3.13. The van der Waals surface area contributed by atoms with Crippen molar-refractivity contribution in [3.63, 3.8) is 0 Å². The summed E-state index contributed by atoms with van der Waals surface area (Å²) in [5.41, 5.74) is 1.98. The first-order valence-corrected chi connectivity index (χ1v) is 8.80. The van der Waals surface area contributed by atoms with Gasteiger partial charge in [-0.2, -0.15) is 5.26 Å². The average molecular weight is 329 g/mol. The SMILES string of the molecule is CCC(CO)NC(=O)Cc1ccc(NC2CCCC(C#N)C2)cc1. The third-order valence-corrected chi connectivity index (χ3v) is 4.62. The molecule has 2 rings (SSSR count). The topological polar surface area (TPSA) is 85.2 Å². The van der Waals surface area contributed by atoms with Crippen LogP contribution in [0.4, 0.5) is 5.69 Å². The minimum Gasteiger partial charge on any atom is -0.394 e. The zero-order valence-corrected chi connectivity index (χ0v) is 14.3. The Labute approximate surface area is 144 Å². The van der Waals surface area contributed by atoms with Crippen molar-refractivity contribution in [2.24, 2.45) is 5.92 Å². The molecular formula is C19H27N3O2. The van der Waals surface area contributed by atoms with Gasteiger partial charge in [-0.15, -0.1) is 0 Å². The Morgan fingerprint density at radius 3 is 2.75 bits per heavy atom. The Kier molecular flexibility index (Phi) is 7.07. The summed E-state index contributed by atoms with van der Waals surface area (Å²) in [6, 6.07) is 10.4. The van der Waals surface area contributed by atoms with Crippen LogP contribution in [0.5, 0.6) is 0 Å². The van der Waals surface area contributed by atoms with Crippen LogP contribution < -0.4 is 10.6 Å². The average Bonchev–Trinajstić information content (AvgIpc) is 2.61. The molecule has 0 aliphatic heterocycles. The number of rotatable bonds is 7. The van der Waals surface area contributed by atoms with Gasteiger partial charge in [-0.25, -0.2) is 0 Å². The summed E-state index contributed by atoms with van der Waals surface area (Å²) in [6.07, 6.45) is 5.14. The van der Waals surface area contributed by atoms with Crippen LogP contribution in [0.1, 0.15) is 44.6 Å². The number of benzene rings is 1. The first-order valence-electron chi connectivity index (χ1n) is 8.80. The fraction of sp³-hybridized carbons (Fsp3) is 0.579. The van der Waals surface area contributed by atoms with Gasteiger partial charge in [-0.1, -0.05) is 25.5 Å². The number of hydrogen-bond acceptors (Lipinski definition) is 4. The molecule has 1 aliphatic rings. The predicted octanol–water partition coefficient (Wildman–Crippen LogP) is 2.61. The molecule has 1 amide bonds. The first kappa shape index (κ1) is 18.3. The molecule has 130 valence electrons. The van der Waals surface area contributed by atoms with Crippen LogP contribution >= 0.6 is 0 Å². The molecular weight excluding hydrogens is 302 g/mol. The highest BCUT2D eigenvalue weighted by Crippen LogP contribution is 2.26. The number of nitrogens with one attached hydrogen (secondary N) is 2. The molecule has 1 saturated carbocycles. The second-order valence-corrected chi connectivity index (χ2v) is 6.56. The monoisotopic (exact) mass is 329 g/mol. The summed E-state index contributed by atoms with van der Waals surface area (Å²) < 4.78 is 0. The van der Waals surface area contributed by atoms with Crippen molar-refractivity contribution in [1.29, 1.82) is 5.26 Å². The minimum absolute atomic E-state index is 0.0316. The zero-order chi connectivity index (χ0) is 17.4. The molecule has 0 spiro atoms. The maximum Gasteiger partial charge on any atom is 0.224 e. The first-order chi connectivity index (χ1) is 11.6. The van der Waals surface area contributed by atoms with Gasteiger partial charge in [0.25, 0.3) is 0 Å². The van der Waals surface area contributed by atoms with E-state index in [0.717, 1.165) is 43.4 Å². The van der Waals surface area contributed by atoms with E-state index in [1.54, 1.807) is 0 Å². The third kappa shape index (κ3) is 5.54. The summed E-state index contributed by atoms with van der Waals surface area (Å²) in [7, 11) is 0. The second kappa shape index (κ2) is 9.29. The van der Waals surface area contributed by atoms with E-state index in [-0.39, 0.29) is 24.5 Å². The Morgan fingerprint density at radius 1 is 1.38 bits per heavy atom. The van der Waals surface area contributed by atoms with Crippen LogP contribution in [0.25, 0.3) is 0 Å². The van der Waals surface area contributed by atoms with Gasteiger partial charge in [-0.05, 0) is 43.4 Å². The Morgan fingerprint density at radius 2 is 2.12 bits per heavy atom. The van der Waals surface area contributed by atoms with Crippen LogP contribution in [0, 0.1) is 17.2 Å². The highest BCUT2D eigenvalue weighted by Gasteiger charge is 2.21. The van der Waals surface area contributed by atoms with Gasteiger partial charge >= 0.3 is 0 Å². The van der Waals surface area contributed by atoms with Crippen LogP contribution in [0.15, 0.2) is 24.3 Å². The van der Waals surface area contributed by atoms with Gasteiger partial charge in [0.15, 0.2) is 0 Å². The molecule has 3 N–H and O–H groups in total. The van der Waals surface area contributed by atoms with E-state index in [2.05, 4.69) is 16.7 Å². The van der Waals surface area contributed by atoms with Crippen molar-refractivity contribution >= 4 is 11.6 Å². The van der Waals surface area contributed by atoms with Gasteiger partial charge in [0.2, 0.25) is 5.91 Å². The van der Waals surface area contributed by atoms with E-state index >= 15 is 0 Å². The second-order valence-electron chi connectivity index (χ2n) is 6.56. The van der Waals surface area contributed by atoms with Gasteiger partial charge in [0.1, 0.15) is 0 Å². The van der Waals surface area contributed by atoms with E-state index in [1.807, 2.05) is 31.2 Å². The number of carbonyl (C=O) groups excluding carboxylic acids is 1. The maximum atomic E-state index is 11.9. The van der Waals surface area contributed by atoms with Crippen LogP contribution in [0.3, 0.4) is 0 Å². The number of aliphatic hydroxyl groups excluding tert-OH is 1. The van der Waals surface area contributed by atoms with Crippen molar-refractivity contribution < 1.29 is 9.90 Å². The summed E-state index contributed by atoms with van der Waals surface area (Å²) in [5.74, 6) is 0.0954.